The van der Waals surface area contributed by atoms with Gasteiger partial charge in [-0.05, 0) is 42.7 Å². The van der Waals surface area contributed by atoms with Crippen LogP contribution in [0.5, 0.6) is 0 Å². The van der Waals surface area contributed by atoms with Crippen molar-refractivity contribution in [1.82, 2.24) is 5.43 Å². The van der Waals surface area contributed by atoms with Crippen LogP contribution in [0.2, 0.25) is 0 Å². The number of rotatable bonds is 3. The van der Waals surface area contributed by atoms with E-state index in [-0.39, 0.29) is 17.0 Å². The molecule has 118 valence electrons. The van der Waals surface area contributed by atoms with E-state index in [0.29, 0.717) is 11.5 Å². The van der Waals surface area contributed by atoms with E-state index < -0.39 is 4.92 Å². The average molecular weight is 303 g/mol. The Bertz CT molecular complexity index is 606. The summed E-state index contributed by atoms with van der Waals surface area (Å²) in [7, 11) is 0. The molecule has 1 aliphatic carbocycles. The second-order valence-corrected chi connectivity index (χ2v) is 6.78. The Kier molecular flexibility index (Phi) is 4.59. The maximum absolute atomic E-state index is 12.0. The molecule has 0 spiro atoms. The zero-order valence-electron chi connectivity index (χ0n) is 13.1. The van der Waals surface area contributed by atoms with E-state index in [9.17, 15) is 14.9 Å². The molecule has 0 unspecified atom stereocenters. The molecule has 0 aliphatic heterocycles. The highest BCUT2D eigenvalue weighted by Crippen LogP contribution is 2.36. The molecule has 0 radical (unpaired) electrons. The topological polar surface area (TPSA) is 84.6 Å². The normalized spacial score (nSPS) is 22.3. The molecule has 0 saturated heterocycles. The van der Waals surface area contributed by atoms with Crippen molar-refractivity contribution >= 4 is 17.3 Å². The van der Waals surface area contributed by atoms with E-state index in [1.165, 1.54) is 24.3 Å². The second-order valence-electron chi connectivity index (χ2n) is 6.78. The van der Waals surface area contributed by atoms with Crippen molar-refractivity contribution in [2.45, 2.75) is 40.0 Å². The molecule has 1 aromatic rings. The number of nitrogens with one attached hydrogen (secondary N) is 1. The van der Waals surface area contributed by atoms with E-state index >= 15 is 0 Å². The molecular weight excluding hydrogens is 282 g/mol. The summed E-state index contributed by atoms with van der Waals surface area (Å²) in [6, 6.07) is 5.49. The Morgan fingerprint density at radius 2 is 2.00 bits per heavy atom. The standard InChI is InChI=1S/C16H21N3O3/c1-11-8-13(10-16(2,3)9-11)17-18-15(20)12-4-6-14(7-5-12)19(21)22/h4-7,11H,8-10H2,1-3H3,(H,18,20)/b17-13-/t11-/m0/s1. The van der Waals surface area contributed by atoms with Gasteiger partial charge in [0, 0.05) is 23.4 Å². The molecule has 1 saturated carbocycles. The first-order valence-corrected chi connectivity index (χ1v) is 7.37. The molecule has 1 amide bonds. The van der Waals surface area contributed by atoms with Gasteiger partial charge in [-0.1, -0.05) is 20.8 Å². The van der Waals surface area contributed by atoms with Crippen molar-refractivity contribution in [3.63, 3.8) is 0 Å². The predicted octanol–water partition coefficient (Wildman–Crippen LogP) is 3.53. The third-order valence-corrected chi connectivity index (χ3v) is 3.82. The molecule has 1 atom stereocenters. The first kappa shape index (κ1) is 16.1. The van der Waals surface area contributed by atoms with Crippen molar-refractivity contribution in [3.05, 3.63) is 39.9 Å². The van der Waals surface area contributed by atoms with Gasteiger partial charge in [-0.25, -0.2) is 5.43 Å². The summed E-state index contributed by atoms with van der Waals surface area (Å²) in [5.41, 5.74) is 4.08. The van der Waals surface area contributed by atoms with Crippen LogP contribution in [0, 0.1) is 21.4 Å². The summed E-state index contributed by atoms with van der Waals surface area (Å²) >= 11 is 0. The number of hydrogen-bond donors (Lipinski definition) is 1. The molecule has 6 heteroatoms. The van der Waals surface area contributed by atoms with Crippen LogP contribution in [0.15, 0.2) is 29.4 Å². The summed E-state index contributed by atoms with van der Waals surface area (Å²) < 4.78 is 0. The minimum absolute atomic E-state index is 0.0364. The van der Waals surface area contributed by atoms with E-state index in [1.54, 1.807) is 0 Å². The minimum Gasteiger partial charge on any atom is -0.267 e. The molecule has 0 heterocycles. The summed E-state index contributed by atoms with van der Waals surface area (Å²) in [5, 5.41) is 14.8. The molecule has 1 aromatic carbocycles. The van der Waals surface area contributed by atoms with Gasteiger partial charge in [0.25, 0.3) is 11.6 Å². The summed E-state index contributed by atoms with van der Waals surface area (Å²) in [6.45, 7) is 6.60. The molecule has 1 N–H and O–H groups in total. The number of benzene rings is 1. The quantitative estimate of drug-likeness (QED) is 0.684. The highest BCUT2D eigenvalue weighted by molar-refractivity contribution is 5.95. The average Bonchev–Trinajstić information content (AvgIpc) is 2.42. The Balaban J connectivity index is 2.02. The lowest BCUT2D eigenvalue weighted by atomic mass is 9.72. The number of carbonyl (C=O) groups is 1. The fourth-order valence-corrected chi connectivity index (χ4v) is 3.13. The highest BCUT2D eigenvalue weighted by Gasteiger charge is 2.29. The largest absolute Gasteiger partial charge is 0.271 e. The summed E-state index contributed by atoms with van der Waals surface area (Å²) in [6.07, 6.45) is 2.92. The summed E-state index contributed by atoms with van der Waals surface area (Å²) in [5.74, 6) is 0.206. The Morgan fingerprint density at radius 3 is 2.55 bits per heavy atom. The van der Waals surface area contributed by atoms with E-state index in [4.69, 9.17) is 0 Å². The maximum atomic E-state index is 12.0. The number of nitrogens with zero attached hydrogens (tertiary/aromatic N) is 2. The van der Waals surface area contributed by atoms with E-state index in [0.717, 1.165) is 25.0 Å². The lowest BCUT2D eigenvalue weighted by molar-refractivity contribution is -0.384. The fourth-order valence-electron chi connectivity index (χ4n) is 3.13. The molecule has 1 fully saturated rings. The Hall–Kier alpha value is -2.24. The van der Waals surface area contributed by atoms with Gasteiger partial charge in [-0.2, -0.15) is 5.10 Å². The van der Waals surface area contributed by atoms with Crippen LogP contribution >= 0.6 is 0 Å². The van der Waals surface area contributed by atoms with Gasteiger partial charge in [0.15, 0.2) is 0 Å². The smallest absolute Gasteiger partial charge is 0.267 e. The maximum Gasteiger partial charge on any atom is 0.271 e. The zero-order valence-corrected chi connectivity index (χ0v) is 13.1. The molecule has 6 nitrogen and oxygen atoms in total. The van der Waals surface area contributed by atoms with Crippen LogP contribution in [-0.2, 0) is 0 Å². The molecule has 2 rings (SSSR count). The van der Waals surface area contributed by atoms with Crippen LogP contribution in [0.4, 0.5) is 5.69 Å². The van der Waals surface area contributed by atoms with Crippen molar-refractivity contribution in [2.24, 2.45) is 16.4 Å². The lowest BCUT2D eigenvalue weighted by Crippen LogP contribution is -2.30. The van der Waals surface area contributed by atoms with Crippen LogP contribution in [0.1, 0.15) is 50.4 Å². The van der Waals surface area contributed by atoms with E-state index in [2.05, 4.69) is 31.3 Å². The number of hydrazone groups is 1. The minimum atomic E-state index is -0.493. The third kappa shape index (κ3) is 4.13. The predicted molar refractivity (Wildman–Crippen MR) is 84.8 cm³/mol. The molecule has 0 aromatic heterocycles. The monoisotopic (exact) mass is 303 g/mol. The van der Waals surface area contributed by atoms with Crippen molar-refractivity contribution < 1.29 is 9.72 Å². The van der Waals surface area contributed by atoms with Crippen molar-refractivity contribution in [2.75, 3.05) is 0 Å². The van der Waals surface area contributed by atoms with Crippen molar-refractivity contribution in [3.8, 4) is 0 Å². The highest BCUT2D eigenvalue weighted by atomic mass is 16.6. The molecule has 22 heavy (non-hydrogen) atoms. The Morgan fingerprint density at radius 1 is 1.36 bits per heavy atom. The van der Waals surface area contributed by atoms with Gasteiger partial charge >= 0.3 is 0 Å². The SMILES string of the molecule is C[C@H]1C/C(=N/NC(=O)c2ccc([N+](=O)[O-])cc2)CC(C)(C)C1. The molecule has 1 aliphatic rings. The van der Waals surface area contributed by atoms with Crippen LogP contribution < -0.4 is 5.43 Å². The second kappa shape index (κ2) is 6.25. The number of non-ortho nitro benzene ring substituents is 1. The molecular formula is C16H21N3O3. The number of amides is 1. The van der Waals surface area contributed by atoms with Gasteiger partial charge in [-0.3, -0.25) is 14.9 Å². The Labute approximate surface area is 129 Å². The first-order valence-electron chi connectivity index (χ1n) is 7.37. The van der Waals surface area contributed by atoms with Gasteiger partial charge in [0.1, 0.15) is 0 Å². The number of hydrogen-bond acceptors (Lipinski definition) is 4. The lowest BCUT2D eigenvalue weighted by Gasteiger charge is -2.34. The first-order chi connectivity index (χ1) is 10.3. The van der Waals surface area contributed by atoms with Crippen molar-refractivity contribution in [1.29, 1.82) is 0 Å². The number of carbonyl (C=O) groups excluding carboxylic acids is 1. The number of nitro groups is 1. The van der Waals surface area contributed by atoms with Gasteiger partial charge < -0.3 is 0 Å². The van der Waals surface area contributed by atoms with Gasteiger partial charge in [0.2, 0.25) is 0 Å². The fraction of sp³-hybridized carbons (Fsp3) is 0.500. The van der Waals surface area contributed by atoms with E-state index in [1.807, 2.05) is 0 Å². The van der Waals surface area contributed by atoms with Crippen LogP contribution in [0.25, 0.3) is 0 Å². The van der Waals surface area contributed by atoms with Crippen LogP contribution in [0.3, 0.4) is 0 Å². The number of nitro benzene ring substituents is 1. The van der Waals surface area contributed by atoms with Gasteiger partial charge in [-0.15, -0.1) is 0 Å². The van der Waals surface area contributed by atoms with Gasteiger partial charge in [0.05, 0.1) is 4.92 Å². The van der Waals surface area contributed by atoms with Crippen LogP contribution in [-0.4, -0.2) is 16.5 Å². The third-order valence-electron chi connectivity index (χ3n) is 3.82. The summed E-state index contributed by atoms with van der Waals surface area (Å²) in [4.78, 5) is 22.1. The zero-order chi connectivity index (χ0) is 16.3. The molecule has 0 bridgehead atoms.